The second-order valence-electron chi connectivity index (χ2n) is 9.54. The quantitative estimate of drug-likeness (QED) is 0.534. The van der Waals surface area contributed by atoms with E-state index in [9.17, 15) is 9.59 Å². The Labute approximate surface area is 204 Å². The molecule has 34 heavy (non-hydrogen) atoms. The zero-order valence-corrected chi connectivity index (χ0v) is 20.3. The second kappa shape index (κ2) is 9.92. The molecule has 2 fully saturated rings. The van der Waals surface area contributed by atoms with Gasteiger partial charge in [0.25, 0.3) is 0 Å². The number of pyridine rings is 1. The number of nitrogens with zero attached hydrogens (tertiary/aromatic N) is 4. The number of imidazole rings is 1. The monoisotopic (exact) mass is 482 g/mol. The highest BCUT2D eigenvalue weighted by Gasteiger charge is 2.27. The zero-order chi connectivity index (χ0) is 23.7. The number of aromatic nitrogens is 3. The van der Waals surface area contributed by atoms with Crippen molar-refractivity contribution in [3.63, 3.8) is 0 Å². The summed E-state index contributed by atoms with van der Waals surface area (Å²) in [5.41, 5.74) is 2.66. The Bertz CT molecular complexity index is 1240. The molecule has 0 amide bonds. The number of halogens is 1. The molecule has 0 N–H and O–H groups in total. The molecule has 3 aromatic rings. The van der Waals surface area contributed by atoms with Crippen molar-refractivity contribution < 1.29 is 9.53 Å². The first-order valence-electron chi connectivity index (χ1n) is 12.2. The molecule has 0 atom stereocenters. The molecule has 3 heterocycles. The van der Waals surface area contributed by atoms with E-state index < -0.39 is 0 Å². The van der Waals surface area contributed by atoms with Gasteiger partial charge in [-0.3, -0.25) is 13.9 Å². The van der Waals surface area contributed by atoms with Gasteiger partial charge in [0.2, 0.25) is 0 Å². The highest BCUT2D eigenvalue weighted by atomic mass is 35.5. The van der Waals surface area contributed by atoms with Crippen molar-refractivity contribution in [3.05, 3.63) is 57.6 Å². The van der Waals surface area contributed by atoms with Crippen LogP contribution in [0.1, 0.15) is 31.2 Å². The average molecular weight is 483 g/mol. The average Bonchev–Trinajstić information content (AvgIpc) is 3.11. The molecule has 0 unspecified atom stereocenters. The van der Waals surface area contributed by atoms with E-state index in [0.717, 1.165) is 61.2 Å². The molecule has 0 radical (unpaired) electrons. The fourth-order valence-corrected chi connectivity index (χ4v) is 5.71. The summed E-state index contributed by atoms with van der Waals surface area (Å²) in [6.45, 7) is 3.77. The normalized spacial score (nSPS) is 21.2. The summed E-state index contributed by atoms with van der Waals surface area (Å²) in [6.07, 6.45) is 5.93. The van der Waals surface area contributed by atoms with Crippen molar-refractivity contribution >= 4 is 34.2 Å². The van der Waals surface area contributed by atoms with Crippen molar-refractivity contribution in [2.45, 2.75) is 38.6 Å². The van der Waals surface area contributed by atoms with Gasteiger partial charge in [-0.1, -0.05) is 17.7 Å². The summed E-state index contributed by atoms with van der Waals surface area (Å²) < 4.78 is 8.90. The van der Waals surface area contributed by atoms with Gasteiger partial charge < -0.3 is 9.64 Å². The van der Waals surface area contributed by atoms with Crippen molar-refractivity contribution in [3.8, 4) is 0 Å². The minimum atomic E-state index is -0.0324. The van der Waals surface area contributed by atoms with Crippen LogP contribution in [-0.2, 0) is 29.5 Å². The van der Waals surface area contributed by atoms with Gasteiger partial charge in [-0.05, 0) is 61.4 Å². The van der Waals surface area contributed by atoms with E-state index in [1.165, 1.54) is 0 Å². The highest BCUT2D eigenvalue weighted by Crippen LogP contribution is 2.32. The number of fused-ring (bicyclic) bond motifs is 1. The summed E-state index contributed by atoms with van der Waals surface area (Å²) in [5, 5.41) is 0.595. The van der Waals surface area contributed by atoms with Crippen LogP contribution in [0, 0.1) is 11.8 Å². The number of ether oxygens (including phenoxy) is 1. The van der Waals surface area contributed by atoms with Crippen LogP contribution >= 0.6 is 11.6 Å². The molecule has 2 aliphatic rings. The lowest BCUT2D eigenvalue weighted by Crippen LogP contribution is -2.36. The van der Waals surface area contributed by atoms with E-state index >= 15 is 0 Å². The Balaban J connectivity index is 1.20. The van der Waals surface area contributed by atoms with Crippen LogP contribution in [0.5, 0.6) is 0 Å². The lowest BCUT2D eigenvalue weighted by molar-refractivity contribution is -0.123. The number of anilines is 1. The topological polar surface area (TPSA) is 69.4 Å². The second-order valence-corrected chi connectivity index (χ2v) is 9.95. The summed E-state index contributed by atoms with van der Waals surface area (Å²) in [7, 11) is 1.77. The number of hydrogen-bond donors (Lipinski definition) is 0. The molecule has 1 aliphatic heterocycles. The van der Waals surface area contributed by atoms with Crippen LogP contribution in [0.3, 0.4) is 0 Å². The van der Waals surface area contributed by atoms with Crippen LogP contribution in [0.15, 0.2) is 41.3 Å². The van der Waals surface area contributed by atoms with Gasteiger partial charge in [0.05, 0.1) is 29.3 Å². The first kappa shape index (κ1) is 23.1. The zero-order valence-electron chi connectivity index (χ0n) is 19.6. The molecule has 0 spiro atoms. The van der Waals surface area contributed by atoms with Gasteiger partial charge in [0.1, 0.15) is 11.6 Å². The maximum absolute atomic E-state index is 13.1. The number of para-hydroxylation sites is 1. The lowest BCUT2D eigenvalue weighted by atomic mass is 9.79. The van der Waals surface area contributed by atoms with Crippen molar-refractivity contribution in [1.82, 2.24) is 14.1 Å². The molecule has 1 saturated heterocycles. The third kappa shape index (κ3) is 4.64. The molecule has 1 saturated carbocycles. The van der Waals surface area contributed by atoms with Gasteiger partial charge in [0, 0.05) is 45.2 Å². The van der Waals surface area contributed by atoms with Gasteiger partial charge in [0.15, 0.2) is 0 Å². The molecule has 7 nitrogen and oxygen atoms in total. The number of hydrogen-bond acceptors (Lipinski definition) is 5. The van der Waals surface area contributed by atoms with Crippen molar-refractivity contribution in [2.24, 2.45) is 18.9 Å². The van der Waals surface area contributed by atoms with E-state index in [0.29, 0.717) is 42.9 Å². The molecule has 0 bridgehead atoms. The smallest absolute Gasteiger partial charge is 0.328 e. The number of morpholine rings is 1. The van der Waals surface area contributed by atoms with Crippen LogP contribution < -0.4 is 10.6 Å². The minimum absolute atomic E-state index is 0.0324. The number of Topliss-reactive ketones (excluding diaryl/α,β-unsaturated/α-hetero) is 1. The number of ketones is 1. The van der Waals surface area contributed by atoms with Gasteiger partial charge in [-0.2, -0.15) is 0 Å². The van der Waals surface area contributed by atoms with E-state index in [-0.39, 0.29) is 11.6 Å². The van der Waals surface area contributed by atoms with Gasteiger partial charge >= 0.3 is 5.69 Å². The standard InChI is InChI=1S/C26H31ClN4O3/c1-29-25-21(27)3-2-4-22(25)31(26(29)33)17-18-5-7-20(8-6-18)23(32)15-19-9-10-28-24(16-19)30-11-13-34-14-12-30/h2-4,9-10,16,18,20H,5-8,11-15,17H2,1H3. The van der Waals surface area contributed by atoms with Crippen LogP contribution in [0.2, 0.25) is 5.02 Å². The summed E-state index contributed by atoms with van der Waals surface area (Å²) in [4.78, 5) is 32.6. The minimum Gasteiger partial charge on any atom is -0.378 e. The molecule has 1 aromatic carbocycles. The Morgan fingerprint density at radius 1 is 1.15 bits per heavy atom. The maximum atomic E-state index is 13.1. The molecule has 1 aliphatic carbocycles. The number of benzene rings is 1. The van der Waals surface area contributed by atoms with E-state index in [1.807, 2.05) is 34.9 Å². The Kier molecular flexibility index (Phi) is 6.75. The number of carbonyl (C=O) groups is 1. The number of carbonyl (C=O) groups excluding carboxylic acids is 1. The SMILES string of the molecule is Cn1c(=O)n(CC2CCC(C(=O)Cc3ccnc(N4CCOCC4)c3)CC2)c2cccc(Cl)c21. The lowest BCUT2D eigenvalue weighted by Gasteiger charge is -2.29. The van der Waals surface area contributed by atoms with E-state index in [4.69, 9.17) is 16.3 Å². The van der Waals surface area contributed by atoms with Crippen LogP contribution in [-0.4, -0.2) is 46.2 Å². The molecular formula is C26H31ClN4O3. The van der Waals surface area contributed by atoms with Crippen LogP contribution in [0.4, 0.5) is 5.82 Å². The number of aryl methyl sites for hydroxylation is 1. The Morgan fingerprint density at radius 2 is 1.91 bits per heavy atom. The first-order valence-corrected chi connectivity index (χ1v) is 12.5. The van der Waals surface area contributed by atoms with Crippen molar-refractivity contribution in [2.75, 3.05) is 31.2 Å². The van der Waals surface area contributed by atoms with Crippen molar-refractivity contribution in [1.29, 1.82) is 0 Å². The molecular weight excluding hydrogens is 452 g/mol. The molecule has 180 valence electrons. The summed E-state index contributed by atoms with van der Waals surface area (Å²) in [6, 6.07) is 9.66. The summed E-state index contributed by atoms with van der Waals surface area (Å²) >= 11 is 6.34. The van der Waals surface area contributed by atoms with E-state index in [2.05, 4.69) is 9.88 Å². The third-order valence-electron chi connectivity index (χ3n) is 7.38. The predicted molar refractivity (Wildman–Crippen MR) is 134 cm³/mol. The van der Waals surface area contributed by atoms with Crippen LogP contribution in [0.25, 0.3) is 11.0 Å². The Morgan fingerprint density at radius 3 is 2.68 bits per heavy atom. The third-order valence-corrected chi connectivity index (χ3v) is 7.68. The predicted octanol–water partition coefficient (Wildman–Crippen LogP) is 3.84. The fourth-order valence-electron chi connectivity index (χ4n) is 5.42. The summed E-state index contributed by atoms with van der Waals surface area (Å²) in [5.74, 6) is 1.72. The number of rotatable bonds is 6. The molecule has 5 rings (SSSR count). The molecule has 2 aromatic heterocycles. The van der Waals surface area contributed by atoms with Gasteiger partial charge in [-0.25, -0.2) is 9.78 Å². The fraction of sp³-hybridized carbons (Fsp3) is 0.500. The Hall–Kier alpha value is -2.64. The maximum Gasteiger partial charge on any atom is 0.328 e. The van der Waals surface area contributed by atoms with E-state index in [1.54, 1.807) is 17.8 Å². The molecule has 8 heteroatoms. The first-order chi connectivity index (χ1) is 16.5. The highest BCUT2D eigenvalue weighted by molar-refractivity contribution is 6.35. The van der Waals surface area contributed by atoms with Gasteiger partial charge in [-0.15, -0.1) is 0 Å². The largest absolute Gasteiger partial charge is 0.378 e.